The van der Waals surface area contributed by atoms with Gasteiger partial charge in [-0.25, -0.2) is 4.79 Å². The van der Waals surface area contributed by atoms with Crippen LogP contribution in [0.3, 0.4) is 0 Å². The van der Waals surface area contributed by atoms with Crippen LogP contribution in [-0.2, 0) is 9.53 Å². The van der Waals surface area contributed by atoms with E-state index in [1.54, 1.807) is 20.8 Å². The van der Waals surface area contributed by atoms with Crippen LogP contribution in [0.25, 0.3) is 0 Å². The van der Waals surface area contributed by atoms with Crippen molar-refractivity contribution >= 4 is 17.7 Å². The second kappa shape index (κ2) is 6.03. The molecule has 19 heavy (non-hydrogen) atoms. The van der Waals surface area contributed by atoms with Crippen LogP contribution in [0.5, 0.6) is 5.75 Å². The highest BCUT2D eigenvalue weighted by Gasteiger charge is 2.16. The maximum absolute atomic E-state index is 11.5. The predicted octanol–water partition coefficient (Wildman–Crippen LogP) is 1.25. The quantitative estimate of drug-likeness (QED) is 0.765. The molecule has 1 heterocycles. The third-order valence-electron chi connectivity index (χ3n) is 1.86. The average molecular weight is 267 g/mol. The molecule has 7 heteroatoms. The number of amides is 2. The van der Waals surface area contributed by atoms with E-state index < -0.39 is 17.6 Å². The van der Waals surface area contributed by atoms with Gasteiger partial charge in [-0.15, -0.1) is 0 Å². The molecule has 2 amide bonds. The number of alkyl carbamates (subject to hydrolysis) is 1. The molecule has 104 valence electrons. The zero-order chi connectivity index (χ0) is 14.5. The molecule has 0 spiro atoms. The van der Waals surface area contributed by atoms with Crippen molar-refractivity contribution in [2.24, 2.45) is 0 Å². The Hall–Kier alpha value is -2.31. The molecule has 1 aromatic rings. The molecule has 3 N–H and O–H groups in total. The van der Waals surface area contributed by atoms with Gasteiger partial charge in [0.1, 0.15) is 23.6 Å². The Kier molecular flexibility index (Phi) is 4.68. The van der Waals surface area contributed by atoms with Crippen molar-refractivity contribution in [3.8, 4) is 5.75 Å². The van der Waals surface area contributed by atoms with E-state index in [1.165, 1.54) is 18.5 Å². The van der Waals surface area contributed by atoms with Crippen molar-refractivity contribution in [1.82, 2.24) is 10.3 Å². The van der Waals surface area contributed by atoms with Gasteiger partial charge in [-0.3, -0.25) is 9.78 Å². The minimum Gasteiger partial charge on any atom is -0.506 e. The van der Waals surface area contributed by atoms with Crippen LogP contribution in [-0.4, -0.2) is 34.2 Å². The van der Waals surface area contributed by atoms with Gasteiger partial charge in [0.25, 0.3) is 0 Å². The van der Waals surface area contributed by atoms with Crippen LogP contribution in [0.1, 0.15) is 20.8 Å². The van der Waals surface area contributed by atoms with Crippen molar-refractivity contribution in [2.75, 3.05) is 11.9 Å². The number of aromatic hydroxyl groups is 1. The molecule has 7 nitrogen and oxygen atoms in total. The summed E-state index contributed by atoms with van der Waals surface area (Å²) in [5.74, 6) is -0.588. The molecule has 0 fully saturated rings. The zero-order valence-electron chi connectivity index (χ0n) is 11.1. The lowest BCUT2D eigenvalue weighted by Gasteiger charge is -2.19. The number of hydrogen-bond acceptors (Lipinski definition) is 5. The second-order valence-electron chi connectivity index (χ2n) is 4.80. The van der Waals surface area contributed by atoms with Crippen LogP contribution in [0, 0.1) is 0 Å². The van der Waals surface area contributed by atoms with Crippen LogP contribution in [0.2, 0.25) is 0 Å². The zero-order valence-corrected chi connectivity index (χ0v) is 11.1. The molecule has 0 radical (unpaired) electrons. The Labute approximate surface area is 111 Å². The molecule has 0 aliphatic carbocycles. The third-order valence-corrected chi connectivity index (χ3v) is 1.86. The first-order chi connectivity index (χ1) is 8.78. The molecule has 0 saturated heterocycles. The average Bonchev–Trinajstić information content (AvgIpc) is 2.27. The highest BCUT2D eigenvalue weighted by Crippen LogP contribution is 2.19. The normalized spacial score (nSPS) is 10.7. The molecule has 0 aliphatic heterocycles. The summed E-state index contributed by atoms with van der Waals surface area (Å²) < 4.78 is 4.97. The number of pyridine rings is 1. The Morgan fingerprint density at radius 1 is 1.42 bits per heavy atom. The van der Waals surface area contributed by atoms with E-state index in [0.717, 1.165) is 0 Å². The van der Waals surface area contributed by atoms with Gasteiger partial charge < -0.3 is 20.5 Å². The largest absolute Gasteiger partial charge is 0.506 e. The van der Waals surface area contributed by atoms with E-state index in [4.69, 9.17) is 4.74 Å². The Balaban J connectivity index is 2.41. The molecule has 1 aromatic heterocycles. The summed E-state index contributed by atoms with van der Waals surface area (Å²) in [4.78, 5) is 26.6. The van der Waals surface area contributed by atoms with E-state index >= 15 is 0 Å². The minimum absolute atomic E-state index is 0.0966. The fourth-order valence-electron chi connectivity index (χ4n) is 1.14. The van der Waals surface area contributed by atoms with Gasteiger partial charge in [0.05, 0.1) is 6.20 Å². The monoisotopic (exact) mass is 267 g/mol. The number of hydrogen-bond donors (Lipinski definition) is 3. The van der Waals surface area contributed by atoms with E-state index in [2.05, 4.69) is 15.6 Å². The number of nitrogens with zero attached hydrogens (tertiary/aromatic N) is 1. The summed E-state index contributed by atoms with van der Waals surface area (Å²) in [5, 5.41) is 14.1. The Morgan fingerprint density at radius 3 is 2.68 bits per heavy atom. The van der Waals surface area contributed by atoms with Crippen molar-refractivity contribution in [1.29, 1.82) is 0 Å². The van der Waals surface area contributed by atoms with Crippen LogP contribution >= 0.6 is 0 Å². The van der Waals surface area contributed by atoms with E-state index in [0.29, 0.717) is 0 Å². The second-order valence-corrected chi connectivity index (χ2v) is 4.80. The number of anilines is 1. The van der Waals surface area contributed by atoms with Gasteiger partial charge >= 0.3 is 6.09 Å². The summed E-state index contributed by atoms with van der Waals surface area (Å²) in [5.41, 5.74) is -0.444. The fraction of sp³-hybridized carbons (Fsp3) is 0.417. The number of nitrogens with one attached hydrogen (secondary N) is 2. The fourth-order valence-corrected chi connectivity index (χ4v) is 1.14. The minimum atomic E-state index is -0.682. The number of ether oxygens (including phenoxy) is 1. The van der Waals surface area contributed by atoms with Crippen LogP contribution < -0.4 is 10.6 Å². The smallest absolute Gasteiger partial charge is 0.408 e. The van der Waals surface area contributed by atoms with Gasteiger partial charge in [0.15, 0.2) is 0 Å². The van der Waals surface area contributed by atoms with Gasteiger partial charge in [-0.05, 0) is 20.8 Å². The van der Waals surface area contributed by atoms with Crippen molar-refractivity contribution in [2.45, 2.75) is 26.4 Å². The third kappa shape index (κ3) is 5.71. The number of aromatic nitrogens is 1. The highest BCUT2D eigenvalue weighted by molar-refractivity contribution is 5.94. The molecule has 1 rings (SSSR count). The first-order valence-corrected chi connectivity index (χ1v) is 5.67. The van der Waals surface area contributed by atoms with Gasteiger partial charge in [0, 0.05) is 12.3 Å². The summed E-state index contributed by atoms with van der Waals surface area (Å²) in [6.07, 6.45) is 2.02. The van der Waals surface area contributed by atoms with Crippen molar-refractivity contribution < 1.29 is 19.4 Å². The molecule has 0 aromatic carbocycles. The van der Waals surface area contributed by atoms with Crippen LogP contribution in [0.4, 0.5) is 10.5 Å². The molecular formula is C12H17N3O4. The number of carbonyl (C=O) groups is 2. The summed E-state index contributed by atoms with van der Waals surface area (Å²) >= 11 is 0. The topological polar surface area (TPSA) is 101 Å². The molecule has 0 unspecified atom stereocenters. The van der Waals surface area contributed by atoms with Gasteiger partial charge in [-0.1, -0.05) is 0 Å². The first kappa shape index (κ1) is 14.7. The van der Waals surface area contributed by atoms with E-state index in [1.807, 2.05) is 0 Å². The van der Waals surface area contributed by atoms with Gasteiger partial charge in [-0.2, -0.15) is 0 Å². The summed E-state index contributed by atoms with van der Waals surface area (Å²) in [6.45, 7) is 4.91. The summed E-state index contributed by atoms with van der Waals surface area (Å²) in [6, 6.07) is 1.34. The Bertz CT molecular complexity index is 468. The SMILES string of the molecule is CC(C)(C)OC(=O)NCC(=O)Nc1cnccc1O. The number of carbonyl (C=O) groups excluding carboxylic acids is 2. The van der Waals surface area contributed by atoms with Crippen molar-refractivity contribution in [3.05, 3.63) is 18.5 Å². The highest BCUT2D eigenvalue weighted by atomic mass is 16.6. The first-order valence-electron chi connectivity index (χ1n) is 5.67. The molecule has 0 saturated carbocycles. The standard InChI is InChI=1S/C12H17N3O4/c1-12(2,3)19-11(18)14-7-10(17)15-8-6-13-5-4-9(8)16/h4-6H,7H2,1-3H3,(H,13,16)(H,14,18)(H,15,17). The molecule has 0 aliphatic rings. The Morgan fingerprint density at radius 2 is 2.11 bits per heavy atom. The lowest BCUT2D eigenvalue weighted by atomic mass is 10.2. The predicted molar refractivity (Wildman–Crippen MR) is 68.8 cm³/mol. The number of rotatable bonds is 3. The molecule has 0 atom stereocenters. The van der Waals surface area contributed by atoms with Crippen molar-refractivity contribution in [3.63, 3.8) is 0 Å². The lowest BCUT2D eigenvalue weighted by molar-refractivity contribution is -0.115. The summed E-state index contributed by atoms with van der Waals surface area (Å²) in [7, 11) is 0. The maximum atomic E-state index is 11.5. The molecule has 0 bridgehead atoms. The van der Waals surface area contributed by atoms with E-state index in [-0.39, 0.29) is 18.0 Å². The molecular weight excluding hydrogens is 250 g/mol. The lowest BCUT2D eigenvalue weighted by Crippen LogP contribution is -2.37. The van der Waals surface area contributed by atoms with E-state index in [9.17, 15) is 14.7 Å². The van der Waals surface area contributed by atoms with Crippen LogP contribution in [0.15, 0.2) is 18.5 Å². The maximum Gasteiger partial charge on any atom is 0.408 e. The van der Waals surface area contributed by atoms with Gasteiger partial charge in [0.2, 0.25) is 5.91 Å².